The van der Waals surface area contributed by atoms with Crippen molar-refractivity contribution in [3.8, 4) is 0 Å². The number of thiocarbonyl (C=S) groups is 1. The van der Waals surface area contributed by atoms with Crippen molar-refractivity contribution in [2.45, 2.75) is 27.2 Å². The maximum Gasteiger partial charge on any atom is 0.257 e. The van der Waals surface area contributed by atoms with Crippen molar-refractivity contribution in [1.29, 1.82) is 0 Å². The zero-order valence-electron chi connectivity index (χ0n) is 12.0. The molecule has 0 unspecified atom stereocenters. The smallest absolute Gasteiger partial charge is 0.257 e. The number of amides is 1. The van der Waals surface area contributed by atoms with Crippen LogP contribution in [0.2, 0.25) is 0 Å². The molecule has 0 saturated heterocycles. The molecule has 0 aliphatic rings. The molecule has 2 N–H and O–H groups in total. The molecule has 0 fully saturated rings. The van der Waals surface area contributed by atoms with Crippen molar-refractivity contribution in [3.63, 3.8) is 0 Å². The Kier molecular flexibility index (Phi) is 5.47. The molecular weight excluding hydrogens is 260 g/mol. The van der Waals surface area contributed by atoms with Gasteiger partial charge in [0, 0.05) is 32.3 Å². The van der Waals surface area contributed by atoms with Crippen molar-refractivity contribution in [2.24, 2.45) is 18.7 Å². The first kappa shape index (κ1) is 15.6. The second-order valence-electron chi connectivity index (χ2n) is 5.13. The molecule has 0 aromatic carbocycles. The van der Waals surface area contributed by atoms with Gasteiger partial charge in [0.1, 0.15) is 0 Å². The van der Waals surface area contributed by atoms with Gasteiger partial charge in [0.15, 0.2) is 0 Å². The fourth-order valence-electron chi connectivity index (χ4n) is 1.84. The molecule has 0 radical (unpaired) electrons. The Bertz CT molecular complexity index is 467. The summed E-state index contributed by atoms with van der Waals surface area (Å²) in [6.07, 6.45) is 2.17. The van der Waals surface area contributed by atoms with Crippen LogP contribution < -0.4 is 5.73 Å². The zero-order valence-corrected chi connectivity index (χ0v) is 12.8. The molecule has 0 saturated carbocycles. The number of carbonyl (C=O) groups excluding carboxylic acids is 1. The molecule has 19 heavy (non-hydrogen) atoms. The van der Waals surface area contributed by atoms with E-state index in [0.29, 0.717) is 36.0 Å². The van der Waals surface area contributed by atoms with Gasteiger partial charge in [0.2, 0.25) is 0 Å². The number of nitrogens with two attached hydrogens (primary N) is 1. The third kappa shape index (κ3) is 4.31. The van der Waals surface area contributed by atoms with E-state index in [-0.39, 0.29) is 5.91 Å². The summed E-state index contributed by atoms with van der Waals surface area (Å²) in [5, 5.41) is 4.11. The summed E-state index contributed by atoms with van der Waals surface area (Å²) in [6, 6.07) is 0. The molecule has 1 aromatic heterocycles. The lowest BCUT2D eigenvalue weighted by Crippen LogP contribution is -2.36. The minimum Gasteiger partial charge on any atom is -0.393 e. The van der Waals surface area contributed by atoms with Crippen LogP contribution in [0, 0.1) is 12.8 Å². The molecule has 0 atom stereocenters. The first-order chi connectivity index (χ1) is 8.82. The lowest BCUT2D eigenvalue weighted by atomic mass is 10.1. The van der Waals surface area contributed by atoms with E-state index in [1.807, 2.05) is 14.0 Å². The van der Waals surface area contributed by atoms with Crippen LogP contribution in [0.15, 0.2) is 6.20 Å². The Morgan fingerprint density at radius 2 is 2.21 bits per heavy atom. The van der Waals surface area contributed by atoms with Gasteiger partial charge in [-0.2, -0.15) is 5.10 Å². The Hall–Kier alpha value is -1.43. The molecule has 1 amide bonds. The highest BCUT2D eigenvalue weighted by molar-refractivity contribution is 7.80. The van der Waals surface area contributed by atoms with Crippen LogP contribution in [0.5, 0.6) is 0 Å². The van der Waals surface area contributed by atoms with Crippen molar-refractivity contribution in [3.05, 3.63) is 17.5 Å². The molecule has 106 valence electrons. The van der Waals surface area contributed by atoms with Crippen LogP contribution in [-0.4, -0.2) is 38.7 Å². The molecule has 1 heterocycles. The lowest BCUT2D eigenvalue weighted by molar-refractivity contribution is 0.0740. The van der Waals surface area contributed by atoms with Gasteiger partial charge < -0.3 is 10.6 Å². The Morgan fingerprint density at radius 1 is 1.58 bits per heavy atom. The van der Waals surface area contributed by atoms with Crippen LogP contribution in [0.3, 0.4) is 0 Å². The van der Waals surface area contributed by atoms with E-state index in [4.69, 9.17) is 18.0 Å². The highest BCUT2D eigenvalue weighted by Gasteiger charge is 2.20. The molecule has 0 aliphatic carbocycles. The highest BCUT2D eigenvalue weighted by Crippen LogP contribution is 2.12. The number of carbonyl (C=O) groups is 1. The lowest BCUT2D eigenvalue weighted by Gasteiger charge is -2.24. The van der Waals surface area contributed by atoms with E-state index in [2.05, 4.69) is 18.9 Å². The summed E-state index contributed by atoms with van der Waals surface area (Å²) >= 11 is 4.88. The van der Waals surface area contributed by atoms with Crippen molar-refractivity contribution >= 4 is 23.1 Å². The van der Waals surface area contributed by atoms with E-state index < -0.39 is 0 Å². The number of nitrogens with zero attached hydrogens (tertiary/aromatic N) is 3. The SMILES string of the molecule is Cc1c(C(=O)N(CCC(N)=S)CC(C)C)cnn1C. The largest absolute Gasteiger partial charge is 0.393 e. The van der Waals surface area contributed by atoms with Crippen molar-refractivity contribution in [2.75, 3.05) is 13.1 Å². The number of aryl methyl sites for hydroxylation is 1. The Morgan fingerprint density at radius 3 is 2.63 bits per heavy atom. The number of hydrogen-bond acceptors (Lipinski definition) is 3. The van der Waals surface area contributed by atoms with Gasteiger partial charge in [-0.1, -0.05) is 26.1 Å². The number of aromatic nitrogens is 2. The molecule has 0 aliphatic heterocycles. The number of hydrogen-bond donors (Lipinski definition) is 1. The summed E-state index contributed by atoms with van der Waals surface area (Å²) in [6.45, 7) is 7.30. The van der Waals surface area contributed by atoms with Gasteiger partial charge >= 0.3 is 0 Å². The molecule has 0 bridgehead atoms. The van der Waals surface area contributed by atoms with Crippen LogP contribution in [-0.2, 0) is 7.05 Å². The maximum atomic E-state index is 12.5. The van der Waals surface area contributed by atoms with E-state index in [0.717, 1.165) is 5.69 Å². The minimum absolute atomic E-state index is 0.00412. The van der Waals surface area contributed by atoms with E-state index in [1.165, 1.54) is 0 Å². The van der Waals surface area contributed by atoms with E-state index in [1.54, 1.807) is 15.8 Å². The third-order valence-electron chi connectivity index (χ3n) is 2.97. The molecule has 0 spiro atoms. The maximum absolute atomic E-state index is 12.5. The standard InChI is InChI=1S/C13H22N4OS/c1-9(2)8-17(6-5-12(14)19)13(18)11-7-15-16(4)10(11)3/h7,9H,5-6,8H2,1-4H3,(H2,14,19). The number of rotatable bonds is 6. The molecule has 5 nitrogen and oxygen atoms in total. The summed E-state index contributed by atoms with van der Waals surface area (Å²) < 4.78 is 1.70. The van der Waals surface area contributed by atoms with Gasteiger partial charge in [0.05, 0.1) is 16.7 Å². The van der Waals surface area contributed by atoms with Crippen LogP contribution >= 0.6 is 12.2 Å². The summed E-state index contributed by atoms with van der Waals surface area (Å²) in [5.41, 5.74) is 7.04. The first-order valence-electron chi connectivity index (χ1n) is 6.39. The van der Waals surface area contributed by atoms with Gasteiger partial charge in [-0.25, -0.2) is 0 Å². The van der Waals surface area contributed by atoms with E-state index >= 15 is 0 Å². The second-order valence-corrected chi connectivity index (χ2v) is 5.65. The minimum atomic E-state index is -0.00412. The van der Waals surface area contributed by atoms with Crippen molar-refractivity contribution < 1.29 is 4.79 Å². The molecular formula is C13H22N4OS. The Labute approximate surface area is 119 Å². The molecule has 6 heteroatoms. The fourth-order valence-corrected chi connectivity index (χ4v) is 1.93. The quantitative estimate of drug-likeness (QED) is 0.803. The van der Waals surface area contributed by atoms with Crippen LogP contribution in [0.4, 0.5) is 0 Å². The predicted octanol–water partition coefficient (Wildman–Crippen LogP) is 1.50. The summed E-state index contributed by atoms with van der Waals surface area (Å²) in [5.74, 6) is 0.392. The average Bonchev–Trinajstić information content (AvgIpc) is 2.64. The molecule has 1 rings (SSSR count). The average molecular weight is 282 g/mol. The van der Waals surface area contributed by atoms with Crippen LogP contribution in [0.25, 0.3) is 0 Å². The topological polar surface area (TPSA) is 64.2 Å². The van der Waals surface area contributed by atoms with Gasteiger partial charge in [-0.15, -0.1) is 0 Å². The summed E-state index contributed by atoms with van der Waals surface area (Å²) in [4.78, 5) is 14.7. The van der Waals surface area contributed by atoms with Gasteiger partial charge in [0.25, 0.3) is 5.91 Å². The Balaban J connectivity index is 2.87. The first-order valence-corrected chi connectivity index (χ1v) is 6.80. The van der Waals surface area contributed by atoms with Crippen molar-refractivity contribution in [1.82, 2.24) is 14.7 Å². The highest BCUT2D eigenvalue weighted by atomic mass is 32.1. The summed E-state index contributed by atoms with van der Waals surface area (Å²) in [7, 11) is 1.83. The predicted molar refractivity (Wildman–Crippen MR) is 80.1 cm³/mol. The second kappa shape index (κ2) is 6.65. The van der Waals surface area contributed by atoms with Crippen LogP contribution in [0.1, 0.15) is 36.3 Å². The monoisotopic (exact) mass is 282 g/mol. The molecule has 1 aromatic rings. The third-order valence-corrected chi connectivity index (χ3v) is 3.17. The van der Waals surface area contributed by atoms with Gasteiger partial charge in [-0.3, -0.25) is 9.48 Å². The van der Waals surface area contributed by atoms with E-state index in [9.17, 15) is 4.79 Å². The fraction of sp³-hybridized carbons (Fsp3) is 0.615. The zero-order chi connectivity index (χ0) is 14.6. The van der Waals surface area contributed by atoms with Gasteiger partial charge in [-0.05, 0) is 12.8 Å². The normalized spacial score (nSPS) is 10.8.